The number of carbonyl (C=O) groups is 2. The Morgan fingerprint density at radius 3 is 2.50 bits per heavy atom. The maximum atomic E-state index is 12.2. The molecule has 7 heteroatoms. The summed E-state index contributed by atoms with van der Waals surface area (Å²) in [4.78, 5) is 25.2. The van der Waals surface area contributed by atoms with Crippen molar-refractivity contribution in [3.63, 3.8) is 0 Å². The number of nitrogens with one attached hydrogen (secondary N) is 1. The van der Waals surface area contributed by atoms with Crippen LogP contribution in [0.3, 0.4) is 0 Å². The number of para-hydroxylation sites is 2. The normalized spacial score (nSPS) is 10.8. The minimum atomic E-state index is -0.358. The van der Waals surface area contributed by atoms with E-state index in [9.17, 15) is 9.59 Å². The van der Waals surface area contributed by atoms with E-state index < -0.39 is 0 Å². The fourth-order valence-electron chi connectivity index (χ4n) is 2.82. The standard InChI is InChI=1S/C23H24N4O3/c1-26(2)22(29)15-24-21(28)14-13-17-16-27(18-9-5-4-6-10-18)25-23(17)19-11-7-8-12-20(19)30-3/h4-14,16H,15H2,1-3H3,(H,24,28)/b14-13+. The van der Waals surface area contributed by atoms with E-state index in [0.29, 0.717) is 11.4 Å². The lowest BCUT2D eigenvalue weighted by molar-refractivity contribution is -0.129. The number of methoxy groups -OCH3 is 1. The van der Waals surface area contributed by atoms with Gasteiger partial charge in [0.25, 0.3) is 0 Å². The molecule has 0 aliphatic carbocycles. The Morgan fingerprint density at radius 2 is 1.80 bits per heavy atom. The monoisotopic (exact) mass is 404 g/mol. The van der Waals surface area contributed by atoms with Gasteiger partial charge in [-0.2, -0.15) is 5.10 Å². The van der Waals surface area contributed by atoms with Crippen LogP contribution < -0.4 is 10.1 Å². The van der Waals surface area contributed by atoms with Crippen LogP contribution in [-0.4, -0.2) is 54.2 Å². The molecule has 30 heavy (non-hydrogen) atoms. The molecule has 0 saturated carbocycles. The summed E-state index contributed by atoms with van der Waals surface area (Å²) in [5, 5.41) is 7.31. The van der Waals surface area contributed by atoms with Crippen LogP contribution in [0.25, 0.3) is 23.0 Å². The Hall–Kier alpha value is -3.87. The first-order valence-electron chi connectivity index (χ1n) is 9.44. The van der Waals surface area contributed by atoms with Crippen molar-refractivity contribution >= 4 is 17.9 Å². The van der Waals surface area contributed by atoms with Gasteiger partial charge in [-0.1, -0.05) is 30.3 Å². The van der Waals surface area contributed by atoms with Crippen molar-refractivity contribution in [2.75, 3.05) is 27.7 Å². The van der Waals surface area contributed by atoms with Crippen LogP contribution in [0, 0.1) is 0 Å². The molecule has 0 spiro atoms. The van der Waals surface area contributed by atoms with Gasteiger partial charge in [0.15, 0.2) is 0 Å². The summed E-state index contributed by atoms with van der Waals surface area (Å²) >= 11 is 0. The van der Waals surface area contributed by atoms with Crippen molar-refractivity contribution in [1.29, 1.82) is 0 Å². The minimum Gasteiger partial charge on any atom is -0.496 e. The average molecular weight is 404 g/mol. The smallest absolute Gasteiger partial charge is 0.244 e. The third kappa shape index (κ3) is 4.94. The highest BCUT2D eigenvalue weighted by Gasteiger charge is 2.15. The van der Waals surface area contributed by atoms with Gasteiger partial charge in [0.05, 0.1) is 19.3 Å². The van der Waals surface area contributed by atoms with Crippen molar-refractivity contribution in [3.8, 4) is 22.7 Å². The molecule has 154 valence electrons. The van der Waals surface area contributed by atoms with Crippen LogP contribution in [0.4, 0.5) is 0 Å². The van der Waals surface area contributed by atoms with Gasteiger partial charge in [-0.05, 0) is 30.3 Å². The van der Waals surface area contributed by atoms with Gasteiger partial charge in [0.2, 0.25) is 11.8 Å². The molecule has 0 unspecified atom stereocenters. The Bertz CT molecular complexity index is 1060. The highest BCUT2D eigenvalue weighted by atomic mass is 16.5. The molecule has 3 aromatic rings. The second kappa shape index (κ2) is 9.56. The van der Waals surface area contributed by atoms with E-state index in [0.717, 1.165) is 16.8 Å². The summed E-state index contributed by atoms with van der Waals surface area (Å²) in [5.41, 5.74) is 3.15. The van der Waals surface area contributed by atoms with Crippen LogP contribution in [0.2, 0.25) is 0 Å². The fourth-order valence-corrected chi connectivity index (χ4v) is 2.82. The van der Waals surface area contributed by atoms with Crippen molar-refractivity contribution in [1.82, 2.24) is 20.0 Å². The molecule has 0 aliphatic rings. The van der Waals surface area contributed by atoms with E-state index in [-0.39, 0.29) is 18.4 Å². The highest BCUT2D eigenvalue weighted by molar-refractivity contribution is 5.95. The Labute approximate surface area is 175 Å². The lowest BCUT2D eigenvalue weighted by atomic mass is 10.1. The molecule has 1 N–H and O–H groups in total. The molecule has 3 rings (SSSR count). The van der Waals surface area contributed by atoms with Crippen LogP contribution in [-0.2, 0) is 9.59 Å². The maximum absolute atomic E-state index is 12.2. The molecule has 0 radical (unpaired) electrons. The number of likely N-dealkylation sites (N-methyl/N-ethyl adjacent to an activating group) is 1. The molecule has 0 atom stereocenters. The molecule has 2 amide bonds. The predicted octanol–water partition coefficient (Wildman–Crippen LogP) is 2.77. The van der Waals surface area contributed by atoms with E-state index in [1.165, 1.54) is 11.0 Å². The average Bonchev–Trinajstić information content (AvgIpc) is 3.20. The fraction of sp³-hybridized carbons (Fsp3) is 0.174. The highest BCUT2D eigenvalue weighted by Crippen LogP contribution is 2.32. The van der Waals surface area contributed by atoms with Gasteiger partial charge in [-0.15, -0.1) is 0 Å². The molecule has 0 bridgehead atoms. The first-order valence-corrected chi connectivity index (χ1v) is 9.44. The summed E-state index contributed by atoms with van der Waals surface area (Å²) in [5.74, 6) is 0.151. The zero-order valence-electron chi connectivity index (χ0n) is 17.2. The number of ether oxygens (including phenoxy) is 1. The number of amides is 2. The summed E-state index contributed by atoms with van der Waals surface area (Å²) in [6.45, 7) is -0.0567. The topological polar surface area (TPSA) is 76.5 Å². The molecular weight excluding hydrogens is 380 g/mol. The predicted molar refractivity (Wildman–Crippen MR) is 116 cm³/mol. The van der Waals surface area contributed by atoms with Crippen LogP contribution in [0.5, 0.6) is 5.75 Å². The first-order chi connectivity index (χ1) is 14.5. The number of nitrogens with zero attached hydrogens (tertiary/aromatic N) is 3. The second-order valence-corrected chi connectivity index (χ2v) is 6.75. The maximum Gasteiger partial charge on any atom is 0.244 e. The van der Waals surface area contributed by atoms with Crippen molar-refractivity contribution < 1.29 is 14.3 Å². The lowest BCUT2D eigenvalue weighted by Crippen LogP contribution is -2.35. The van der Waals surface area contributed by atoms with Crippen LogP contribution >= 0.6 is 0 Å². The van der Waals surface area contributed by atoms with E-state index in [1.807, 2.05) is 60.8 Å². The number of hydrogen-bond acceptors (Lipinski definition) is 4. The number of hydrogen-bond donors (Lipinski definition) is 1. The Morgan fingerprint density at radius 1 is 1.10 bits per heavy atom. The Kier molecular flexibility index (Phi) is 6.64. The SMILES string of the molecule is COc1ccccc1-c1nn(-c2ccccc2)cc1/C=C/C(=O)NCC(=O)N(C)C. The molecule has 1 heterocycles. The minimum absolute atomic E-state index is 0.0567. The van der Waals surface area contributed by atoms with E-state index in [2.05, 4.69) is 5.32 Å². The van der Waals surface area contributed by atoms with E-state index >= 15 is 0 Å². The van der Waals surface area contributed by atoms with Gasteiger partial charge in [0, 0.05) is 37.5 Å². The largest absolute Gasteiger partial charge is 0.496 e. The molecular formula is C23H24N4O3. The van der Waals surface area contributed by atoms with Crippen molar-refractivity contribution in [2.45, 2.75) is 0 Å². The number of aromatic nitrogens is 2. The van der Waals surface area contributed by atoms with Gasteiger partial charge in [0.1, 0.15) is 11.4 Å². The zero-order chi connectivity index (χ0) is 21.5. The van der Waals surface area contributed by atoms with Crippen molar-refractivity contribution in [2.24, 2.45) is 0 Å². The zero-order valence-corrected chi connectivity index (χ0v) is 17.2. The van der Waals surface area contributed by atoms with E-state index in [1.54, 1.807) is 32.0 Å². The van der Waals surface area contributed by atoms with Crippen LogP contribution in [0.15, 0.2) is 66.9 Å². The van der Waals surface area contributed by atoms with Crippen molar-refractivity contribution in [3.05, 3.63) is 72.4 Å². The van der Waals surface area contributed by atoms with Gasteiger partial charge in [-0.25, -0.2) is 4.68 Å². The third-order valence-corrected chi connectivity index (χ3v) is 4.45. The lowest BCUT2D eigenvalue weighted by Gasteiger charge is -2.09. The molecule has 0 fully saturated rings. The summed E-state index contributed by atoms with van der Waals surface area (Å²) in [6.07, 6.45) is 4.93. The molecule has 1 aromatic heterocycles. The Balaban J connectivity index is 1.93. The van der Waals surface area contributed by atoms with Gasteiger partial charge >= 0.3 is 0 Å². The quantitative estimate of drug-likeness (QED) is 0.615. The number of rotatable bonds is 7. The summed E-state index contributed by atoms with van der Waals surface area (Å²) in [7, 11) is 4.89. The summed E-state index contributed by atoms with van der Waals surface area (Å²) < 4.78 is 7.25. The number of benzene rings is 2. The number of carbonyl (C=O) groups excluding carboxylic acids is 2. The summed E-state index contributed by atoms with van der Waals surface area (Å²) in [6, 6.07) is 17.3. The second-order valence-electron chi connectivity index (χ2n) is 6.75. The molecule has 2 aromatic carbocycles. The van der Waals surface area contributed by atoms with Crippen LogP contribution in [0.1, 0.15) is 5.56 Å². The molecule has 7 nitrogen and oxygen atoms in total. The first kappa shape index (κ1) is 20.9. The van der Waals surface area contributed by atoms with E-state index in [4.69, 9.17) is 9.84 Å². The third-order valence-electron chi connectivity index (χ3n) is 4.45. The molecule has 0 aliphatic heterocycles. The molecule has 0 saturated heterocycles. The van der Waals surface area contributed by atoms with Gasteiger partial charge in [-0.3, -0.25) is 9.59 Å². The van der Waals surface area contributed by atoms with Gasteiger partial charge < -0.3 is 15.0 Å².